The molecule has 1 N–H and O–H groups in total. The number of ether oxygens (including phenoxy) is 1. The lowest BCUT2D eigenvalue weighted by molar-refractivity contribution is -0.136. The van der Waals surface area contributed by atoms with E-state index in [1.807, 2.05) is 12.3 Å². The lowest BCUT2D eigenvalue weighted by Gasteiger charge is -2.12. The Hall–Kier alpha value is -2.24. The maximum Gasteiger partial charge on any atom is 0.304 e. The first-order chi connectivity index (χ1) is 8.22. The number of hydrogen-bond donors (Lipinski definition) is 1. The monoisotopic (exact) mass is 236 g/mol. The summed E-state index contributed by atoms with van der Waals surface area (Å²) in [5, 5.41) is 7.72. The van der Waals surface area contributed by atoms with E-state index >= 15 is 0 Å². The molecular weight excluding hydrogens is 224 g/mol. The van der Waals surface area contributed by atoms with Gasteiger partial charge in [0.1, 0.15) is 0 Å². The zero-order chi connectivity index (χ0) is 12.3. The summed E-state index contributed by atoms with van der Waals surface area (Å²) in [5.41, 5.74) is 0. The van der Waals surface area contributed by atoms with Gasteiger partial charge in [0.05, 0.1) is 12.8 Å². The number of nitrogens with zero attached hydrogens (tertiary/aromatic N) is 2. The van der Waals surface area contributed by atoms with Crippen molar-refractivity contribution in [2.45, 2.75) is 13.3 Å². The Labute approximate surface area is 97.8 Å². The van der Waals surface area contributed by atoms with Crippen molar-refractivity contribution < 1.29 is 19.1 Å². The molecule has 0 aromatic carbocycles. The van der Waals surface area contributed by atoms with E-state index in [2.05, 4.69) is 4.99 Å². The summed E-state index contributed by atoms with van der Waals surface area (Å²) in [6.45, 7) is 2.28. The minimum Gasteiger partial charge on any atom is -0.481 e. The predicted octanol–water partition coefficient (Wildman–Crippen LogP) is 1.84. The van der Waals surface area contributed by atoms with Gasteiger partial charge >= 0.3 is 12.0 Å². The Bertz CT molecular complexity index is 476. The van der Waals surface area contributed by atoms with Crippen LogP contribution in [0.5, 0.6) is 5.75 Å². The Balaban J connectivity index is 0.000000188. The zero-order valence-electron chi connectivity index (χ0n) is 9.29. The van der Waals surface area contributed by atoms with Gasteiger partial charge in [0.2, 0.25) is 0 Å². The fourth-order valence-electron chi connectivity index (χ4n) is 1.30. The second-order valence-electron chi connectivity index (χ2n) is 3.32. The summed E-state index contributed by atoms with van der Waals surface area (Å²) in [6, 6.07) is 2.39. The molecule has 0 saturated carbocycles. The largest absolute Gasteiger partial charge is 0.481 e. The Morgan fingerprint density at radius 2 is 2.41 bits per heavy atom. The van der Waals surface area contributed by atoms with Gasteiger partial charge in [0.25, 0.3) is 5.88 Å². The van der Waals surface area contributed by atoms with E-state index in [9.17, 15) is 4.79 Å². The summed E-state index contributed by atoms with van der Waals surface area (Å²) < 4.78 is 10.6. The SMILES string of the molecule is C1=CN2C(=NC1)Oc1ccoc12.CCC(=O)O. The fourth-order valence-corrected chi connectivity index (χ4v) is 1.30. The molecule has 1 aromatic heterocycles. The molecule has 6 nitrogen and oxygen atoms in total. The van der Waals surface area contributed by atoms with Crippen LogP contribution in [0.15, 0.2) is 34.0 Å². The van der Waals surface area contributed by atoms with Crippen LogP contribution in [0.25, 0.3) is 0 Å². The number of carboxylic acids is 1. The second kappa shape index (κ2) is 4.73. The second-order valence-corrected chi connectivity index (χ2v) is 3.32. The molecule has 3 rings (SSSR count). The van der Waals surface area contributed by atoms with Crippen LogP contribution >= 0.6 is 0 Å². The summed E-state index contributed by atoms with van der Waals surface area (Å²) in [4.78, 5) is 15.3. The van der Waals surface area contributed by atoms with Crippen LogP contribution in [0.4, 0.5) is 5.88 Å². The minimum atomic E-state index is -0.745. The van der Waals surface area contributed by atoms with Gasteiger partial charge in [0.15, 0.2) is 5.75 Å². The molecule has 1 aromatic rings. The van der Waals surface area contributed by atoms with Crippen LogP contribution in [-0.2, 0) is 4.79 Å². The van der Waals surface area contributed by atoms with Crippen molar-refractivity contribution >= 4 is 17.9 Å². The lowest BCUT2D eigenvalue weighted by Crippen LogP contribution is -2.26. The molecule has 2 aliphatic heterocycles. The van der Waals surface area contributed by atoms with E-state index in [-0.39, 0.29) is 6.42 Å². The van der Waals surface area contributed by atoms with E-state index in [0.29, 0.717) is 18.5 Å². The highest BCUT2D eigenvalue weighted by Gasteiger charge is 2.30. The topological polar surface area (TPSA) is 75.3 Å². The van der Waals surface area contributed by atoms with Crippen molar-refractivity contribution in [3.8, 4) is 5.75 Å². The molecule has 17 heavy (non-hydrogen) atoms. The molecule has 0 saturated heterocycles. The third-order valence-electron chi connectivity index (χ3n) is 2.12. The average Bonchev–Trinajstić information content (AvgIpc) is 2.89. The van der Waals surface area contributed by atoms with Gasteiger partial charge in [-0.15, -0.1) is 0 Å². The molecule has 0 spiro atoms. The van der Waals surface area contributed by atoms with Gasteiger partial charge in [0, 0.05) is 18.7 Å². The molecule has 90 valence electrons. The number of hydrogen-bond acceptors (Lipinski definition) is 5. The fraction of sp³-hybridized carbons (Fsp3) is 0.273. The van der Waals surface area contributed by atoms with Crippen molar-refractivity contribution in [1.29, 1.82) is 0 Å². The lowest BCUT2D eigenvalue weighted by atomic mass is 10.5. The molecule has 0 radical (unpaired) electrons. The van der Waals surface area contributed by atoms with Crippen molar-refractivity contribution in [2.75, 3.05) is 11.4 Å². The smallest absolute Gasteiger partial charge is 0.304 e. The predicted molar refractivity (Wildman–Crippen MR) is 61.2 cm³/mol. The van der Waals surface area contributed by atoms with E-state index in [0.717, 1.165) is 5.75 Å². The maximum absolute atomic E-state index is 9.37. The third-order valence-corrected chi connectivity index (χ3v) is 2.12. The number of fused-ring (bicyclic) bond motifs is 3. The number of aliphatic imine (C=N–C) groups is 1. The molecule has 3 heterocycles. The Morgan fingerprint density at radius 1 is 1.65 bits per heavy atom. The number of aliphatic carboxylic acids is 1. The number of rotatable bonds is 1. The van der Waals surface area contributed by atoms with Crippen LogP contribution in [0.2, 0.25) is 0 Å². The number of carboxylic acid groups (broad SMARTS) is 1. The minimum absolute atomic E-state index is 0.222. The number of carbonyl (C=O) groups is 1. The first-order valence-electron chi connectivity index (χ1n) is 5.20. The molecule has 0 fully saturated rings. The normalized spacial score (nSPS) is 15.1. The van der Waals surface area contributed by atoms with Crippen LogP contribution in [0.3, 0.4) is 0 Å². The highest BCUT2D eigenvalue weighted by molar-refractivity contribution is 6.00. The summed E-state index contributed by atoms with van der Waals surface area (Å²) in [5.74, 6) is 0.704. The number of furan rings is 1. The van der Waals surface area contributed by atoms with E-state index in [4.69, 9.17) is 14.3 Å². The van der Waals surface area contributed by atoms with Crippen LogP contribution in [0, 0.1) is 0 Å². The van der Waals surface area contributed by atoms with Crippen molar-refractivity contribution in [1.82, 2.24) is 0 Å². The molecule has 0 amide bonds. The molecule has 0 unspecified atom stereocenters. The molecular formula is C11H12N2O4. The summed E-state index contributed by atoms with van der Waals surface area (Å²) in [6.07, 6.45) is 5.67. The molecule has 0 bridgehead atoms. The standard InChI is InChI=1S/C8H6N2O2.C3H6O2/c1-3-9-8-10(4-1)7-6(12-8)2-5-11-7;1-2-3(4)5/h1-2,4-5H,3H2;2H2,1H3,(H,4,5). The molecule has 6 heteroatoms. The van der Waals surface area contributed by atoms with Gasteiger partial charge in [-0.2, -0.15) is 0 Å². The van der Waals surface area contributed by atoms with E-state index in [1.165, 1.54) is 0 Å². The van der Waals surface area contributed by atoms with E-state index in [1.54, 1.807) is 24.2 Å². The molecule has 0 aliphatic carbocycles. The zero-order valence-corrected chi connectivity index (χ0v) is 9.29. The maximum atomic E-state index is 9.37. The van der Waals surface area contributed by atoms with Crippen molar-refractivity contribution in [3.05, 3.63) is 24.6 Å². The van der Waals surface area contributed by atoms with Gasteiger partial charge in [-0.1, -0.05) is 6.92 Å². The van der Waals surface area contributed by atoms with Crippen molar-refractivity contribution in [2.24, 2.45) is 4.99 Å². The van der Waals surface area contributed by atoms with Gasteiger partial charge in [-0.25, -0.2) is 9.89 Å². The first-order valence-corrected chi connectivity index (χ1v) is 5.20. The quantitative estimate of drug-likeness (QED) is 0.805. The summed E-state index contributed by atoms with van der Waals surface area (Å²) >= 11 is 0. The van der Waals surface area contributed by atoms with Crippen LogP contribution in [-0.4, -0.2) is 23.6 Å². The van der Waals surface area contributed by atoms with Crippen LogP contribution in [0.1, 0.15) is 13.3 Å². The number of anilines is 1. The molecule has 2 aliphatic rings. The molecule has 0 atom stereocenters. The van der Waals surface area contributed by atoms with Gasteiger partial charge < -0.3 is 14.3 Å². The van der Waals surface area contributed by atoms with Crippen molar-refractivity contribution in [3.63, 3.8) is 0 Å². The van der Waals surface area contributed by atoms with Crippen LogP contribution < -0.4 is 9.64 Å². The first kappa shape index (κ1) is 11.3. The highest BCUT2D eigenvalue weighted by atomic mass is 16.5. The highest BCUT2D eigenvalue weighted by Crippen LogP contribution is 2.36. The summed E-state index contributed by atoms with van der Waals surface area (Å²) in [7, 11) is 0. The third kappa shape index (κ3) is 2.30. The van der Waals surface area contributed by atoms with Gasteiger partial charge in [-0.05, 0) is 6.08 Å². The van der Waals surface area contributed by atoms with E-state index < -0.39 is 5.97 Å². The Kier molecular flexibility index (Phi) is 3.13. The number of amidine groups is 1. The van der Waals surface area contributed by atoms with Gasteiger partial charge in [-0.3, -0.25) is 4.79 Å². The average molecular weight is 236 g/mol. The Morgan fingerprint density at radius 3 is 3.12 bits per heavy atom.